The summed E-state index contributed by atoms with van der Waals surface area (Å²) < 4.78 is 30.8. The van der Waals surface area contributed by atoms with Gasteiger partial charge in [0.15, 0.2) is 0 Å². The maximum atomic E-state index is 12.3. The summed E-state index contributed by atoms with van der Waals surface area (Å²) in [5.41, 5.74) is 5.95. The highest BCUT2D eigenvalue weighted by Gasteiger charge is 2.21. The van der Waals surface area contributed by atoms with Gasteiger partial charge in [-0.3, -0.25) is 0 Å². The minimum Gasteiger partial charge on any atom is -0.389 e. The van der Waals surface area contributed by atoms with Crippen molar-refractivity contribution in [1.82, 2.24) is 4.31 Å². The third-order valence-corrected chi connectivity index (χ3v) is 5.12. The first-order valence-corrected chi connectivity index (χ1v) is 8.08. The Bertz CT molecular complexity index is 590. The fourth-order valence-electron chi connectivity index (χ4n) is 1.59. The van der Waals surface area contributed by atoms with Crippen LogP contribution in [0.25, 0.3) is 0 Å². The third-order valence-electron chi connectivity index (χ3n) is 2.74. The van der Waals surface area contributed by atoms with E-state index in [4.69, 9.17) is 34.3 Å². The van der Waals surface area contributed by atoms with Crippen molar-refractivity contribution in [2.45, 2.75) is 11.3 Å². The van der Waals surface area contributed by atoms with Crippen molar-refractivity contribution in [2.24, 2.45) is 5.73 Å². The van der Waals surface area contributed by atoms with E-state index in [1.54, 1.807) is 7.11 Å². The van der Waals surface area contributed by atoms with Crippen molar-refractivity contribution in [1.29, 1.82) is 0 Å². The molecule has 0 radical (unpaired) electrons. The molecule has 1 aromatic carbocycles. The number of rotatable bonds is 7. The van der Waals surface area contributed by atoms with Gasteiger partial charge < -0.3 is 10.5 Å². The number of hydrogen-bond acceptors (Lipinski definition) is 4. The van der Waals surface area contributed by atoms with Crippen molar-refractivity contribution in [3.63, 3.8) is 0 Å². The Morgan fingerprint density at radius 1 is 1.50 bits per heavy atom. The van der Waals surface area contributed by atoms with E-state index in [0.29, 0.717) is 25.1 Å². The van der Waals surface area contributed by atoms with Gasteiger partial charge in [0.25, 0.3) is 0 Å². The van der Waals surface area contributed by atoms with E-state index >= 15 is 0 Å². The average molecular weight is 337 g/mol. The van der Waals surface area contributed by atoms with Crippen molar-refractivity contribution < 1.29 is 13.2 Å². The van der Waals surface area contributed by atoms with Crippen LogP contribution in [0.15, 0.2) is 23.1 Å². The van der Waals surface area contributed by atoms with E-state index in [-0.39, 0.29) is 14.9 Å². The van der Waals surface area contributed by atoms with Crippen LogP contribution in [0.5, 0.6) is 0 Å². The highest BCUT2D eigenvalue weighted by atomic mass is 35.5. The van der Waals surface area contributed by atoms with Gasteiger partial charge in [0.1, 0.15) is 4.99 Å². The quantitative estimate of drug-likeness (QED) is 0.605. The summed E-state index contributed by atoms with van der Waals surface area (Å²) >= 11 is 10.8. The molecular formula is C12H17ClN2O3S2. The lowest BCUT2D eigenvalue weighted by atomic mass is 10.2. The highest BCUT2D eigenvalue weighted by Crippen LogP contribution is 2.23. The number of methoxy groups -OCH3 is 1. The van der Waals surface area contributed by atoms with Gasteiger partial charge >= 0.3 is 0 Å². The lowest BCUT2D eigenvalue weighted by molar-refractivity contribution is 0.189. The number of halogens is 1. The second kappa shape index (κ2) is 7.33. The second-order valence-electron chi connectivity index (χ2n) is 4.18. The Balaban J connectivity index is 2.98. The monoisotopic (exact) mass is 336 g/mol. The molecule has 0 aromatic heterocycles. The summed E-state index contributed by atoms with van der Waals surface area (Å²) in [6.45, 7) is 0.867. The lowest BCUT2D eigenvalue weighted by Crippen LogP contribution is -2.28. The van der Waals surface area contributed by atoms with Crippen LogP contribution in [0.2, 0.25) is 5.02 Å². The standard InChI is InChI=1S/C12H17ClN2O3S2/c1-15(6-3-7-18-2)20(16,17)9-4-5-10(12(14)19)11(13)8-9/h4-5,8H,3,6-7H2,1-2H3,(H2,14,19). The van der Waals surface area contributed by atoms with E-state index in [1.807, 2.05) is 0 Å². The van der Waals surface area contributed by atoms with Crippen LogP contribution in [0.1, 0.15) is 12.0 Å². The molecule has 5 nitrogen and oxygen atoms in total. The molecular weight excluding hydrogens is 320 g/mol. The summed E-state index contributed by atoms with van der Waals surface area (Å²) in [6, 6.07) is 4.32. The minimum atomic E-state index is -3.58. The van der Waals surface area contributed by atoms with E-state index in [0.717, 1.165) is 0 Å². The fourth-order valence-corrected chi connectivity index (χ4v) is 3.40. The largest absolute Gasteiger partial charge is 0.389 e. The number of nitrogens with two attached hydrogens (primary N) is 1. The molecule has 112 valence electrons. The summed E-state index contributed by atoms with van der Waals surface area (Å²) in [7, 11) is -0.489. The Labute approximate surface area is 129 Å². The molecule has 0 saturated heterocycles. The molecule has 8 heteroatoms. The van der Waals surface area contributed by atoms with Crippen LogP contribution in [0.3, 0.4) is 0 Å². The van der Waals surface area contributed by atoms with Gasteiger partial charge in [0.2, 0.25) is 10.0 Å². The Morgan fingerprint density at radius 2 is 2.15 bits per heavy atom. The van der Waals surface area contributed by atoms with Gasteiger partial charge in [-0.25, -0.2) is 12.7 Å². The van der Waals surface area contributed by atoms with Crippen molar-refractivity contribution >= 4 is 38.8 Å². The predicted molar refractivity (Wildman–Crippen MR) is 83.6 cm³/mol. The summed E-state index contributed by atoms with van der Waals surface area (Å²) in [6.07, 6.45) is 0.616. The van der Waals surface area contributed by atoms with Crippen LogP contribution >= 0.6 is 23.8 Å². The zero-order chi connectivity index (χ0) is 15.3. The molecule has 2 N–H and O–H groups in total. The maximum absolute atomic E-state index is 12.3. The number of thiocarbonyl (C=S) groups is 1. The van der Waals surface area contributed by atoms with Crippen molar-refractivity contribution in [2.75, 3.05) is 27.3 Å². The molecule has 1 rings (SSSR count). The van der Waals surface area contributed by atoms with Crippen molar-refractivity contribution in [3.05, 3.63) is 28.8 Å². The van der Waals surface area contributed by atoms with Gasteiger partial charge in [0, 0.05) is 32.9 Å². The lowest BCUT2D eigenvalue weighted by Gasteiger charge is -2.17. The molecule has 1 aromatic rings. The predicted octanol–water partition coefficient (Wildman–Crippen LogP) is 1.63. The average Bonchev–Trinajstić information content (AvgIpc) is 2.38. The Morgan fingerprint density at radius 3 is 2.65 bits per heavy atom. The molecule has 0 aliphatic rings. The molecule has 0 aliphatic heterocycles. The molecule has 0 spiro atoms. The minimum absolute atomic E-state index is 0.113. The molecule has 0 aliphatic carbocycles. The SMILES string of the molecule is COCCCN(C)S(=O)(=O)c1ccc(C(N)=S)c(Cl)c1. The first-order valence-electron chi connectivity index (χ1n) is 5.85. The third kappa shape index (κ3) is 4.13. The molecule has 0 atom stereocenters. The normalized spacial score (nSPS) is 11.8. The summed E-state index contributed by atoms with van der Waals surface area (Å²) in [5.74, 6) is 0. The molecule has 20 heavy (non-hydrogen) atoms. The molecule has 0 amide bonds. The molecule has 0 heterocycles. The highest BCUT2D eigenvalue weighted by molar-refractivity contribution is 7.89. The first-order chi connectivity index (χ1) is 9.30. The van der Waals surface area contributed by atoms with Crippen molar-refractivity contribution in [3.8, 4) is 0 Å². The fraction of sp³-hybridized carbons (Fsp3) is 0.417. The smallest absolute Gasteiger partial charge is 0.242 e. The van der Waals surface area contributed by atoms with Gasteiger partial charge in [-0.2, -0.15) is 0 Å². The number of benzene rings is 1. The number of ether oxygens (including phenoxy) is 1. The van der Waals surface area contributed by atoms with Crippen LogP contribution in [-0.4, -0.2) is 45.0 Å². The van der Waals surface area contributed by atoms with Gasteiger partial charge in [0.05, 0.1) is 9.92 Å². The van der Waals surface area contributed by atoms with E-state index in [2.05, 4.69) is 0 Å². The topological polar surface area (TPSA) is 72.6 Å². The molecule has 0 unspecified atom stereocenters. The van der Waals surface area contributed by atoms with Gasteiger partial charge in [-0.05, 0) is 24.6 Å². The number of nitrogens with zero attached hydrogens (tertiary/aromatic N) is 1. The first kappa shape index (κ1) is 17.3. The van der Waals surface area contributed by atoms with Crippen LogP contribution in [-0.2, 0) is 14.8 Å². The van der Waals surface area contributed by atoms with Gasteiger partial charge in [-0.15, -0.1) is 0 Å². The van der Waals surface area contributed by atoms with Crippen LogP contribution in [0.4, 0.5) is 0 Å². The van der Waals surface area contributed by atoms with E-state index in [1.165, 1.54) is 29.6 Å². The Kier molecular flexibility index (Phi) is 6.35. The maximum Gasteiger partial charge on any atom is 0.242 e. The van der Waals surface area contributed by atoms with E-state index < -0.39 is 10.0 Å². The van der Waals surface area contributed by atoms with Gasteiger partial charge in [-0.1, -0.05) is 23.8 Å². The van der Waals surface area contributed by atoms with Crippen LogP contribution < -0.4 is 5.73 Å². The zero-order valence-corrected chi connectivity index (χ0v) is 13.7. The zero-order valence-electron chi connectivity index (χ0n) is 11.3. The Hall–Kier alpha value is -0.730. The van der Waals surface area contributed by atoms with Crippen LogP contribution in [0, 0.1) is 0 Å². The summed E-state index contributed by atoms with van der Waals surface area (Å²) in [4.78, 5) is 0.245. The number of hydrogen-bond donors (Lipinski definition) is 1. The second-order valence-corrected chi connectivity index (χ2v) is 7.07. The number of sulfonamides is 1. The molecule has 0 bridgehead atoms. The van der Waals surface area contributed by atoms with E-state index in [9.17, 15) is 8.42 Å². The summed E-state index contributed by atoms with van der Waals surface area (Å²) in [5, 5.41) is 0.226. The molecule has 0 saturated carbocycles. The molecule has 0 fully saturated rings.